The molecule has 0 radical (unpaired) electrons. The average molecular weight is 325 g/mol. The van der Waals surface area contributed by atoms with Gasteiger partial charge in [0.2, 0.25) is 0 Å². The summed E-state index contributed by atoms with van der Waals surface area (Å²) in [6.45, 7) is 3.43. The number of hydrogen-bond acceptors (Lipinski definition) is 5. The van der Waals surface area contributed by atoms with Gasteiger partial charge in [-0.1, -0.05) is 30.3 Å². The molecule has 2 atom stereocenters. The predicted molar refractivity (Wildman–Crippen MR) is 90.3 cm³/mol. The Bertz CT molecular complexity index is 750. The highest BCUT2D eigenvalue weighted by Gasteiger charge is 2.30. The monoisotopic (exact) mass is 325 g/mol. The lowest BCUT2D eigenvalue weighted by molar-refractivity contribution is -0.118. The van der Waals surface area contributed by atoms with Crippen LogP contribution < -0.4 is 15.0 Å². The molecule has 0 bridgehead atoms. The summed E-state index contributed by atoms with van der Waals surface area (Å²) in [7, 11) is 0. The highest BCUT2D eigenvalue weighted by molar-refractivity contribution is 5.95. The fraction of sp³-hybridized carbons (Fsp3) is 0.333. The third-order valence-electron chi connectivity index (χ3n) is 4.33. The Balaban J connectivity index is 1.69. The second kappa shape index (κ2) is 6.13. The first-order valence-corrected chi connectivity index (χ1v) is 8.06. The molecule has 6 heteroatoms. The first-order valence-electron chi connectivity index (χ1n) is 8.06. The minimum absolute atomic E-state index is 0.0370. The molecule has 1 saturated heterocycles. The van der Waals surface area contributed by atoms with E-state index in [1.165, 1.54) is 5.56 Å². The zero-order chi connectivity index (χ0) is 16.5. The SMILES string of the molecule is CC1CN(c2cc3c(cn2)OCC(=O)N3)C(c2ccccc2)CO1. The topological polar surface area (TPSA) is 63.7 Å². The number of benzene rings is 1. The number of carbonyl (C=O) groups is 1. The Labute approximate surface area is 140 Å². The molecule has 0 spiro atoms. The molecular formula is C18H19N3O3. The van der Waals surface area contributed by atoms with Crippen molar-refractivity contribution in [3.8, 4) is 5.75 Å². The number of ether oxygens (including phenoxy) is 2. The van der Waals surface area contributed by atoms with Crippen molar-refractivity contribution in [1.82, 2.24) is 4.98 Å². The van der Waals surface area contributed by atoms with Crippen LogP contribution in [0.1, 0.15) is 18.5 Å². The van der Waals surface area contributed by atoms with Crippen molar-refractivity contribution in [2.75, 3.05) is 30.0 Å². The van der Waals surface area contributed by atoms with Crippen LogP contribution in [0.3, 0.4) is 0 Å². The van der Waals surface area contributed by atoms with Crippen LogP contribution in [0.2, 0.25) is 0 Å². The summed E-state index contributed by atoms with van der Waals surface area (Å²) in [4.78, 5) is 18.3. The molecule has 1 N–H and O–H groups in total. The Morgan fingerprint density at radius 3 is 2.96 bits per heavy atom. The van der Waals surface area contributed by atoms with Gasteiger partial charge in [-0.2, -0.15) is 0 Å². The Morgan fingerprint density at radius 1 is 1.29 bits per heavy atom. The molecule has 24 heavy (non-hydrogen) atoms. The van der Waals surface area contributed by atoms with Gasteiger partial charge in [0.1, 0.15) is 5.82 Å². The number of aromatic nitrogens is 1. The molecule has 6 nitrogen and oxygen atoms in total. The third-order valence-corrected chi connectivity index (χ3v) is 4.33. The van der Waals surface area contributed by atoms with E-state index in [1.54, 1.807) is 6.20 Å². The number of nitrogens with one attached hydrogen (secondary N) is 1. The van der Waals surface area contributed by atoms with E-state index >= 15 is 0 Å². The van der Waals surface area contributed by atoms with Gasteiger partial charge in [-0.05, 0) is 12.5 Å². The summed E-state index contributed by atoms with van der Waals surface area (Å²) in [5.74, 6) is 1.27. The predicted octanol–water partition coefficient (Wildman–Crippen LogP) is 2.38. The van der Waals surface area contributed by atoms with Gasteiger partial charge in [0.05, 0.1) is 30.6 Å². The zero-order valence-corrected chi connectivity index (χ0v) is 13.4. The van der Waals surface area contributed by atoms with Gasteiger partial charge in [-0.3, -0.25) is 4.79 Å². The fourth-order valence-electron chi connectivity index (χ4n) is 3.14. The highest BCUT2D eigenvalue weighted by Crippen LogP contribution is 2.35. The van der Waals surface area contributed by atoms with Gasteiger partial charge < -0.3 is 19.7 Å². The Morgan fingerprint density at radius 2 is 2.12 bits per heavy atom. The van der Waals surface area contributed by atoms with Gasteiger partial charge in [0, 0.05) is 12.6 Å². The number of rotatable bonds is 2. The van der Waals surface area contributed by atoms with Gasteiger partial charge in [0.25, 0.3) is 5.91 Å². The molecule has 4 rings (SSSR count). The summed E-state index contributed by atoms with van der Waals surface area (Å²) >= 11 is 0. The van der Waals surface area contributed by atoms with Crippen LogP contribution in [0.4, 0.5) is 11.5 Å². The maximum absolute atomic E-state index is 11.6. The first kappa shape index (κ1) is 15.0. The van der Waals surface area contributed by atoms with Crippen LogP contribution in [0.15, 0.2) is 42.6 Å². The summed E-state index contributed by atoms with van der Waals surface area (Å²) in [5.41, 5.74) is 1.85. The number of fused-ring (bicyclic) bond motifs is 1. The number of anilines is 2. The van der Waals surface area contributed by atoms with Crippen molar-refractivity contribution >= 4 is 17.4 Å². The van der Waals surface area contributed by atoms with Crippen LogP contribution in [0, 0.1) is 0 Å². The van der Waals surface area contributed by atoms with Gasteiger partial charge in [0.15, 0.2) is 12.4 Å². The second-order valence-electron chi connectivity index (χ2n) is 6.10. The Hall–Kier alpha value is -2.60. The molecule has 124 valence electrons. The molecule has 3 heterocycles. The van der Waals surface area contributed by atoms with Crippen LogP contribution in [-0.2, 0) is 9.53 Å². The minimum atomic E-state index is -0.144. The zero-order valence-electron chi connectivity index (χ0n) is 13.4. The summed E-state index contributed by atoms with van der Waals surface area (Å²) < 4.78 is 11.3. The quantitative estimate of drug-likeness (QED) is 0.918. The first-order chi connectivity index (χ1) is 11.7. The molecule has 2 unspecified atom stereocenters. The lowest BCUT2D eigenvalue weighted by atomic mass is 10.0. The summed E-state index contributed by atoms with van der Waals surface area (Å²) in [6.07, 6.45) is 1.79. The molecule has 1 fully saturated rings. The molecule has 2 aliphatic heterocycles. The van der Waals surface area contributed by atoms with Gasteiger partial charge >= 0.3 is 0 Å². The smallest absolute Gasteiger partial charge is 0.262 e. The van der Waals surface area contributed by atoms with E-state index in [9.17, 15) is 4.79 Å². The van der Waals surface area contributed by atoms with E-state index < -0.39 is 0 Å². The van der Waals surface area contributed by atoms with Crippen LogP contribution in [-0.4, -0.2) is 36.8 Å². The van der Waals surface area contributed by atoms with Gasteiger partial charge in [-0.15, -0.1) is 0 Å². The molecule has 0 aliphatic carbocycles. The number of hydrogen-bond donors (Lipinski definition) is 1. The van der Waals surface area contributed by atoms with E-state index in [1.807, 2.05) is 24.3 Å². The lowest BCUT2D eigenvalue weighted by Crippen LogP contribution is -2.44. The molecule has 2 aliphatic rings. The van der Waals surface area contributed by atoms with E-state index in [0.717, 1.165) is 12.4 Å². The average Bonchev–Trinajstić information content (AvgIpc) is 2.61. The van der Waals surface area contributed by atoms with Crippen molar-refractivity contribution in [3.05, 3.63) is 48.2 Å². The van der Waals surface area contributed by atoms with E-state index in [4.69, 9.17) is 9.47 Å². The summed E-state index contributed by atoms with van der Waals surface area (Å²) in [5, 5.41) is 2.84. The fourth-order valence-corrected chi connectivity index (χ4v) is 3.14. The van der Waals surface area contributed by atoms with Crippen molar-refractivity contribution < 1.29 is 14.3 Å². The molecular weight excluding hydrogens is 306 g/mol. The van der Waals surface area contributed by atoms with Crippen LogP contribution >= 0.6 is 0 Å². The maximum atomic E-state index is 11.6. The van der Waals surface area contributed by atoms with Crippen molar-refractivity contribution in [1.29, 1.82) is 0 Å². The lowest BCUT2D eigenvalue weighted by Gasteiger charge is -2.40. The molecule has 2 aromatic rings. The second-order valence-corrected chi connectivity index (χ2v) is 6.10. The number of carbonyl (C=O) groups excluding carboxylic acids is 1. The van der Waals surface area contributed by atoms with Crippen molar-refractivity contribution in [2.45, 2.75) is 19.1 Å². The number of amides is 1. The molecule has 1 aromatic heterocycles. The standard InChI is InChI=1S/C18H19N3O3/c1-12-9-21(15(10-23-12)13-5-3-2-4-6-13)17-7-14-16(8-19-17)24-11-18(22)20-14/h2-8,12,15H,9-11H2,1H3,(H,20,22). The van der Waals surface area contributed by atoms with E-state index in [-0.39, 0.29) is 24.7 Å². The van der Waals surface area contributed by atoms with Gasteiger partial charge in [-0.25, -0.2) is 4.98 Å². The number of pyridine rings is 1. The Kier molecular flexibility index (Phi) is 3.82. The van der Waals surface area contributed by atoms with Crippen LogP contribution in [0.25, 0.3) is 0 Å². The molecule has 1 amide bonds. The molecule has 0 saturated carbocycles. The van der Waals surface area contributed by atoms with E-state index in [2.05, 4.69) is 34.3 Å². The largest absolute Gasteiger partial charge is 0.480 e. The number of morpholine rings is 1. The molecule has 1 aromatic carbocycles. The normalized spacial score (nSPS) is 23.2. The van der Waals surface area contributed by atoms with Crippen molar-refractivity contribution in [2.24, 2.45) is 0 Å². The van der Waals surface area contributed by atoms with Crippen LogP contribution in [0.5, 0.6) is 5.75 Å². The summed E-state index contributed by atoms with van der Waals surface area (Å²) in [6, 6.07) is 12.2. The van der Waals surface area contributed by atoms with E-state index in [0.29, 0.717) is 18.0 Å². The maximum Gasteiger partial charge on any atom is 0.262 e. The third kappa shape index (κ3) is 2.80. The minimum Gasteiger partial charge on any atom is -0.480 e. The number of nitrogens with zero attached hydrogens (tertiary/aromatic N) is 2. The van der Waals surface area contributed by atoms with Crippen molar-refractivity contribution in [3.63, 3.8) is 0 Å². The highest BCUT2D eigenvalue weighted by atomic mass is 16.5.